The maximum absolute atomic E-state index is 10.4. The van der Waals surface area contributed by atoms with Crippen LogP contribution in [0.4, 0.5) is 0 Å². The Kier molecular flexibility index (Phi) is 7.58. The van der Waals surface area contributed by atoms with Gasteiger partial charge in [-0.05, 0) is 60.8 Å². The molecule has 0 aromatic carbocycles. The van der Waals surface area contributed by atoms with Crippen molar-refractivity contribution >= 4 is 5.97 Å². The number of pyridine rings is 2. The SMILES string of the molecule is CCC(CC(C)c1cc[n+](CCCCC(=O)[O-])cc1)c1ccncc1. The number of hydrogen-bond acceptors (Lipinski definition) is 3. The minimum atomic E-state index is -0.964. The van der Waals surface area contributed by atoms with Gasteiger partial charge in [0.2, 0.25) is 0 Å². The first-order chi connectivity index (χ1) is 12.1. The number of carbonyl (C=O) groups excluding carboxylic acids is 1. The average Bonchev–Trinajstić information content (AvgIpc) is 2.64. The number of aromatic nitrogens is 2. The normalized spacial score (nSPS) is 13.4. The highest BCUT2D eigenvalue weighted by Crippen LogP contribution is 2.31. The highest BCUT2D eigenvalue weighted by Gasteiger charge is 2.16. The maximum Gasteiger partial charge on any atom is 0.169 e. The molecule has 0 aliphatic heterocycles. The van der Waals surface area contributed by atoms with Crippen molar-refractivity contribution in [2.45, 2.75) is 64.3 Å². The predicted molar refractivity (Wildman–Crippen MR) is 95.8 cm³/mol. The number of unbranched alkanes of at least 4 members (excludes halogenated alkanes) is 1. The summed E-state index contributed by atoms with van der Waals surface area (Å²) < 4.78 is 2.12. The summed E-state index contributed by atoms with van der Waals surface area (Å²) in [5.74, 6) is 0.0784. The molecule has 25 heavy (non-hydrogen) atoms. The molecule has 0 saturated carbocycles. The van der Waals surface area contributed by atoms with Gasteiger partial charge < -0.3 is 9.90 Å². The van der Waals surface area contributed by atoms with Gasteiger partial charge in [-0.15, -0.1) is 0 Å². The van der Waals surface area contributed by atoms with Crippen molar-refractivity contribution in [2.24, 2.45) is 0 Å². The van der Waals surface area contributed by atoms with Gasteiger partial charge in [0.05, 0.1) is 0 Å². The first-order valence-electron chi connectivity index (χ1n) is 9.19. The largest absolute Gasteiger partial charge is 0.550 e. The number of carboxylic acid groups (broad SMARTS) is 1. The third-order valence-electron chi connectivity index (χ3n) is 4.84. The van der Waals surface area contributed by atoms with E-state index >= 15 is 0 Å². The molecule has 4 nitrogen and oxygen atoms in total. The molecular weight excluding hydrogens is 312 g/mol. The fraction of sp³-hybridized carbons (Fsp3) is 0.476. The maximum atomic E-state index is 10.4. The molecule has 134 valence electrons. The van der Waals surface area contributed by atoms with Crippen LogP contribution in [0.1, 0.15) is 68.9 Å². The minimum absolute atomic E-state index is 0.142. The first-order valence-corrected chi connectivity index (χ1v) is 9.19. The van der Waals surface area contributed by atoms with Crippen molar-refractivity contribution < 1.29 is 14.5 Å². The third kappa shape index (κ3) is 6.29. The van der Waals surface area contributed by atoms with Gasteiger partial charge in [0, 0.05) is 36.9 Å². The van der Waals surface area contributed by atoms with Crippen molar-refractivity contribution in [1.29, 1.82) is 0 Å². The Hall–Kier alpha value is -2.23. The van der Waals surface area contributed by atoms with Crippen LogP contribution < -0.4 is 9.67 Å². The van der Waals surface area contributed by atoms with Crippen molar-refractivity contribution in [3.05, 3.63) is 60.2 Å². The number of hydrogen-bond donors (Lipinski definition) is 0. The van der Waals surface area contributed by atoms with Gasteiger partial charge in [0.1, 0.15) is 6.54 Å². The Morgan fingerprint density at radius 1 is 1.12 bits per heavy atom. The second kappa shape index (κ2) is 9.92. The molecule has 0 saturated heterocycles. The Morgan fingerprint density at radius 3 is 2.40 bits per heavy atom. The van der Waals surface area contributed by atoms with Crippen LogP contribution in [0.25, 0.3) is 0 Å². The highest BCUT2D eigenvalue weighted by molar-refractivity contribution is 5.63. The molecule has 0 amide bonds. The van der Waals surface area contributed by atoms with E-state index in [1.807, 2.05) is 12.4 Å². The molecule has 0 aliphatic carbocycles. The molecule has 0 aliphatic rings. The lowest BCUT2D eigenvalue weighted by Crippen LogP contribution is -2.33. The fourth-order valence-corrected chi connectivity index (χ4v) is 3.25. The van der Waals surface area contributed by atoms with Crippen LogP contribution in [-0.4, -0.2) is 11.0 Å². The predicted octanol–water partition coefficient (Wildman–Crippen LogP) is 2.98. The molecule has 0 N–H and O–H groups in total. The van der Waals surface area contributed by atoms with E-state index in [0.29, 0.717) is 18.3 Å². The smallest absolute Gasteiger partial charge is 0.169 e. The molecule has 2 atom stereocenters. The summed E-state index contributed by atoms with van der Waals surface area (Å²) in [7, 11) is 0. The highest BCUT2D eigenvalue weighted by atomic mass is 16.4. The summed E-state index contributed by atoms with van der Waals surface area (Å²) in [5.41, 5.74) is 2.71. The zero-order chi connectivity index (χ0) is 18.1. The van der Waals surface area contributed by atoms with E-state index in [9.17, 15) is 9.90 Å². The standard InChI is InChI=1S/C21H28N2O2/c1-3-18(20-7-11-22-12-8-20)16-17(2)19-9-14-23(15-10-19)13-5-4-6-21(24)25/h7-12,14-15,17-18H,3-6,13,16H2,1-2H3. The Bertz CT molecular complexity index is 641. The van der Waals surface area contributed by atoms with Gasteiger partial charge >= 0.3 is 0 Å². The van der Waals surface area contributed by atoms with Crippen molar-refractivity contribution in [3.8, 4) is 0 Å². The van der Waals surface area contributed by atoms with E-state index in [1.165, 1.54) is 11.1 Å². The van der Waals surface area contributed by atoms with Crippen LogP contribution in [0.3, 0.4) is 0 Å². The molecule has 0 bridgehead atoms. The number of carbonyl (C=O) groups is 1. The molecule has 0 fully saturated rings. The molecule has 2 aromatic heterocycles. The van der Waals surface area contributed by atoms with Gasteiger partial charge in [-0.2, -0.15) is 0 Å². The van der Waals surface area contributed by atoms with Crippen LogP contribution in [0.15, 0.2) is 49.1 Å². The van der Waals surface area contributed by atoms with Crippen LogP contribution >= 0.6 is 0 Å². The molecule has 2 unspecified atom stereocenters. The zero-order valence-electron chi connectivity index (χ0n) is 15.2. The number of aliphatic carboxylic acids is 1. The summed E-state index contributed by atoms with van der Waals surface area (Å²) in [4.78, 5) is 14.5. The second-order valence-electron chi connectivity index (χ2n) is 6.72. The Labute approximate surface area is 150 Å². The molecule has 2 heterocycles. The Balaban J connectivity index is 1.89. The van der Waals surface area contributed by atoms with Gasteiger partial charge in [-0.25, -0.2) is 4.57 Å². The fourth-order valence-electron chi connectivity index (χ4n) is 3.25. The van der Waals surface area contributed by atoms with E-state index in [2.05, 4.69) is 60.1 Å². The quantitative estimate of drug-likeness (QED) is 0.493. The average molecular weight is 340 g/mol. The van der Waals surface area contributed by atoms with E-state index < -0.39 is 5.97 Å². The molecular formula is C21H28N2O2. The summed E-state index contributed by atoms with van der Waals surface area (Å²) in [6.07, 6.45) is 11.8. The molecule has 2 aromatic rings. The van der Waals surface area contributed by atoms with Gasteiger partial charge in [-0.1, -0.05) is 13.8 Å². The lowest BCUT2D eigenvalue weighted by Gasteiger charge is -2.20. The van der Waals surface area contributed by atoms with E-state index in [0.717, 1.165) is 25.8 Å². The van der Waals surface area contributed by atoms with Gasteiger partial charge in [-0.3, -0.25) is 4.98 Å². The monoisotopic (exact) mass is 340 g/mol. The van der Waals surface area contributed by atoms with Crippen LogP contribution in [0, 0.1) is 0 Å². The van der Waals surface area contributed by atoms with Gasteiger partial charge in [0.25, 0.3) is 0 Å². The summed E-state index contributed by atoms with van der Waals surface area (Å²) in [6.45, 7) is 5.36. The van der Waals surface area contributed by atoms with Gasteiger partial charge in [0.15, 0.2) is 12.4 Å². The number of rotatable bonds is 10. The second-order valence-corrected chi connectivity index (χ2v) is 6.72. The lowest BCUT2D eigenvalue weighted by atomic mass is 9.85. The topological polar surface area (TPSA) is 56.9 Å². The summed E-state index contributed by atoms with van der Waals surface area (Å²) in [6, 6.07) is 8.60. The summed E-state index contributed by atoms with van der Waals surface area (Å²) >= 11 is 0. The van der Waals surface area contributed by atoms with Crippen LogP contribution in [0.2, 0.25) is 0 Å². The molecule has 4 heteroatoms. The van der Waals surface area contributed by atoms with Crippen molar-refractivity contribution in [2.75, 3.05) is 0 Å². The van der Waals surface area contributed by atoms with Crippen molar-refractivity contribution in [3.63, 3.8) is 0 Å². The van der Waals surface area contributed by atoms with E-state index in [4.69, 9.17) is 0 Å². The summed E-state index contributed by atoms with van der Waals surface area (Å²) in [5, 5.41) is 10.4. The van der Waals surface area contributed by atoms with E-state index in [-0.39, 0.29) is 6.42 Å². The molecule has 0 spiro atoms. The van der Waals surface area contributed by atoms with Crippen molar-refractivity contribution in [1.82, 2.24) is 4.98 Å². The van der Waals surface area contributed by atoms with E-state index in [1.54, 1.807) is 0 Å². The Morgan fingerprint density at radius 2 is 1.80 bits per heavy atom. The molecule has 2 rings (SSSR count). The number of aryl methyl sites for hydroxylation is 1. The van der Waals surface area contributed by atoms with Crippen LogP contribution in [-0.2, 0) is 11.3 Å². The minimum Gasteiger partial charge on any atom is -0.550 e. The third-order valence-corrected chi connectivity index (χ3v) is 4.84. The number of nitrogens with zero attached hydrogens (tertiary/aromatic N) is 2. The first kappa shape index (κ1) is 19.1. The van der Waals surface area contributed by atoms with Crippen LogP contribution in [0.5, 0.6) is 0 Å². The zero-order valence-corrected chi connectivity index (χ0v) is 15.2. The lowest BCUT2D eigenvalue weighted by molar-refractivity contribution is -0.697. The number of carboxylic acids is 1. The molecule has 0 radical (unpaired) electrons.